The molecular weight excluding hydrogens is 294 g/mol. The summed E-state index contributed by atoms with van der Waals surface area (Å²) in [4.78, 5) is 28.8. The normalized spacial score (nSPS) is 10.5. The van der Waals surface area contributed by atoms with Crippen molar-refractivity contribution in [3.63, 3.8) is 0 Å². The van der Waals surface area contributed by atoms with Crippen LogP contribution in [0.25, 0.3) is 0 Å². The predicted octanol–water partition coefficient (Wildman–Crippen LogP) is 2.49. The number of carbonyl (C=O) groups excluding carboxylic acids is 2. The molecule has 2 rings (SSSR count). The van der Waals surface area contributed by atoms with Crippen LogP contribution in [0.4, 0.5) is 5.00 Å². The van der Waals surface area contributed by atoms with Crippen molar-refractivity contribution in [3.05, 3.63) is 27.7 Å². The van der Waals surface area contributed by atoms with Crippen molar-refractivity contribution in [1.29, 1.82) is 0 Å². The summed E-state index contributed by atoms with van der Waals surface area (Å²) in [5.41, 5.74) is 1.16. The smallest absolute Gasteiger partial charge is 0.341 e. The lowest BCUT2D eigenvalue weighted by Crippen LogP contribution is -2.16. The molecule has 0 fully saturated rings. The predicted molar refractivity (Wildman–Crippen MR) is 76.7 cm³/mol. The fourth-order valence-corrected chi connectivity index (χ4v) is 2.76. The van der Waals surface area contributed by atoms with Gasteiger partial charge in [-0.05, 0) is 26.3 Å². The second-order valence-corrected chi connectivity index (χ2v) is 5.52. The molecule has 7 nitrogen and oxygen atoms in total. The molecule has 0 aliphatic heterocycles. The molecule has 8 heteroatoms. The van der Waals surface area contributed by atoms with E-state index in [0.717, 1.165) is 10.4 Å². The molecule has 0 saturated carbocycles. The molecule has 0 unspecified atom stereocenters. The van der Waals surface area contributed by atoms with Gasteiger partial charge in [0.2, 0.25) is 5.89 Å². The van der Waals surface area contributed by atoms with E-state index in [1.54, 1.807) is 13.8 Å². The second-order valence-electron chi connectivity index (χ2n) is 4.30. The highest BCUT2D eigenvalue weighted by atomic mass is 32.1. The summed E-state index contributed by atoms with van der Waals surface area (Å²) >= 11 is 1.31. The van der Waals surface area contributed by atoms with Gasteiger partial charge in [-0.2, -0.15) is 4.98 Å². The third-order valence-corrected chi connectivity index (χ3v) is 3.95. The quantitative estimate of drug-likeness (QED) is 0.872. The number of rotatable bonds is 4. The standard InChI is InChI=1S/C13H15N3O4S/c1-5-19-13(18)9-6(2)7(3)21-12(9)15-11(17)10-14-8(4)20-16-10/h5H2,1-4H3,(H,15,17). The van der Waals surface area contributed by atoms with Gasteiger partial charge in [-0.15, -0.1) is 11.3 Å². The van der Waals surface area contributed by atoms with Gasteiger partial charge in [-0.25, -0.2) is 4.79 Å². The van der Waals surface area contributed by atoms with Crippen molar-refractivity contribution in [1.82, 2.24) is 10.1 Å². The number of carbonyl (C=O) groups is 2. The van der Waals surface area contributed by atoms with Gasteiger partial charge in [0, 0.05) is 11.8 Å². The van der Waals surface area contributed by atoms with E-state index in [9.17, 15) is 9.59 Å². The van der Waals surface area contributed by atoms with Crippen molar-refractivity contribution in [2.75, 3.05) is 11.9 Å². The van der Waals surface area contributed by atoms with Crippen LogP contribution in [0.3, 0.4) is 0 Å². The number of aryl methyl sites for hydroxylation is 2. The van der Waals surface area contributed by atoms with Gasteiger partial charge in [0.25, 0.3) is 11.7 Å². The van der Waals surface area contributed by atoms with Crippen molar-refractivity contribution in [2.45, 2.75) is 27.7 Å². The number of amides is 1. The van der Waals surface area contributed by atoms with Crippen molar-refractivity contribution in [2.24, 2.45) is 0 Å². The molecule has 0 aliphatic carbocycles. The van der Waals surface area contributed by atoms with Gasteiger partial charge in [0.15, 0.2) is 0 Å². The lowest BCUT2D eigenvalue weighted by atomic mass is 10.1. The van der Waals surface area contributed by atoms with Gasteiger partial charge in [0.05, 0.1) is 12.2 Å². The molecule has 21 heavy (non-hydrogen) atoms. The van der Waals surface area contributed by atoms with E-state index in [-0.39, 0.29) is 12.4 Å². The first-order valence-electron chi connectivity index (χ1n) is 6.32. The minimum Gasteiger partial charge on any atom is -0.462 e. The van der Waals surface area contributed by atoms with Gasteiger partial charge in [-0.3, -0.25) is 4.79 Å². The topological polar surface area (TPSA) is 94.3 Å². The van der Waals surface area contributed by atoms with Gasteiger partial charge in [-0.1, -0.05) is 5.16 Å². The molecule has 112 valence electrons. The molecule has 0 bridgehead atoms. The van der Waals surface area contributed by atoms with E-state index >= 15 is 0 Å². The van der Waals surface area contributed by atoms with Crippen molar-refractivity contribution < 1.29 is 18.8 Å². The first-order valence-corrected chi connectivity index (χ1v) is 7.14. The largest absolute Gasteiger partial charge is 0.462 e. The monoisotopic (exact) mass is 309 g/mol. The van der Waals surface area contributed by atoms with E-state index in [0.29, 0.717) is 16.5 Å². The minimum absolute atomic E-state index is 0.0778. The van der Waals surface area contributed by atoms with Crippen LogP contribution in [-0.4, -0.2) is 28.6 Å². The van der Waals surface area contributed by atoms with E-state index < -0.39 is 11.9 Å². The number of esters is 1. The molecule has 2 aromatic heterocycles. The molecule has 0 aliphatic rings. The highest BCUT2D eigenvalue weighted by Gasteiger charge is 2.23. The summed E-state index contributed by atoms with van der Waals surface area (Å²) in [7, 11) is 0. The Morgan fingerprint density at radius 1 is 1.33 bits per heavy atom. The Labute approximate surface area is 125 Å². The Hall–Kier alpha value is -2.22. The number of ether oxygens (including phenoxy) is 1. The van der Waals surface area contributed by atoms with E-state index in [4.69, 9.17) is 9.26 Å². The number of thiophene rings is 1. The van der Waals surface area contributed by atoms with Gasteiger partial charge >= 0.3 is 5.97 Å². The summed E-state index contributed by atoms with van der Waals surface area (Å²) in [6.07, 6.45) is 0. The van der Waals surface area contributed by atoms with Crippen LogP contribution in [-0.2, 0) is 4.74 Å². The number of hydrogen-bond acceptors (Lipinski definition) is 7. The minimum atomic E-state index is -0.529. The molecule has 0 radical (unpaired) electrons. The SMILES string of the molecule is CCOC(=O)c1c(NC(=O)c2noc(C)n2)sc(C)c1C. The molecule has 1 amide bonds. The van der Waals surface area contributed by atoms with Crippen LogP contribution in [0.1, 0.15) is 44.2 Å². The second kappa shape index (κ2) is 6.04. The zero-order valence-electron chi connectivity index (χ0n) is 12.1. The number of hydrogen-bond donors (Lipinski definition) is 1. The Bertz CT molecular complexity index is 690. The first-order chi connectivity index (χ1) is 9.93. The van der Waals surface area contributed by atoms with E-state index in [1.165, 1.54) is 11.3 Å². The highest BCUT2D eigenvalue weighted by Crippen LogP contribution is 2.33. The average molecular weight is 309 g/mol. The van der Waals surface area contributed by atoms with Gasteiger partial charge < -0.3 is 14.6 Å². The van der Waals surface area contributed by atoms with Gasteiger partial charge in [0.1, 0.15) is 5.00 Å². The van der Waals surface area contributed by atoms with Crippen LogP contribution < -0.4 is 5.32 Å². The van der Waals surface area contributed by atoms with Crippen LogP contribution in [0.15, 0.2) is 4.52 Å². The molecule has 1 N–H and O–H groups in total. The summed E-state index contributed by atoms with van der Waals surface area (Å²) in [6, 6.07) is 0. The number of nitrogens with zero attached hydrogens (tertiary/aromatic N) is 2. The van der Waals surface area contributed by atoms with Crippen LogP contribution >= 0.6 is 11.3 Å². The summed E-state index contributed by atoms with van der Waals surface area (Å²) in [5.74, 6) is -0.770. The fraction of sp³-hybridized carbons (Fsp3) is 0.385. The van der Waals surface area contributed by atoms with E-state index in [2.05, 4.69) is 15.5 Å². The van der Waals surface area contributed by atoms with Crippen LogP contribution in [0, 0.1) is 20.8 Å². The average Bonchev–Trinajstić information content (AvgIpc) is 2.95. The first kappa shape index (κ1) is 15.2. The van der Waals surface area contributed by atoms with Crippen molar-refractivity contribution in [3.8, 4) is 0 Å². The van der Waals surface area contributed by atoms with Crippen LogP contribution in [0.5, 0.6) is 0 Å². The third-order valence-electron chi connectivity index (χ3n) is 2.82. The Morgan fingerprint density at radius 3 is 2.62 bits per heavy atom. The molecule has 2 aromatic rings. The number of nitrogens with one attached hydrogen (secondary N) is 1. The molecule has 0 atom stereocenters. The number of anilines is 1. The lowest BCUT2D eigenvalue weighted by molar-refractivity contribution is 0.0527. The summed E-state index contributed by atoms with van der Waals surface area (Å²) < 4.78 is 9.78. The molecular formula is C13H15N3O4S. The van der Waals surface area contributed by atoms with Crippen LogP contribution in [0.2, 0.25) is 0 Å². The molecule has 0 saturated heterocycles. The zero-order chi connectivity index (χ0) is 15.6. The third kappa shape index (κ3) is 3.10. The molecule has 0 spiro atoms. The molecule has 2 heterocycles. The Kier molecular flexibility index (Phi) is 4.37. The number of aromatic nitrogens is 2. The maximum Gasteiger partial charge on any atom is 0.341 e. The summed E-state index contributed by atoms with van der Waals surface area (Å²) in [6.45, 7) is 7.27. The maximum atomic E-state index is 12.0. The lowest BCUT2D eigenvalue weighted by Gasteiger charge is -2.05. The zero-order valence-corrected chi connectivity index (χ0v) is 13.0. The van der Waals surface area contributed by atoms with E-state index in [1.807, 2.05) is 13.8 Å². The molecule has 0 aromatic carbocycles. The summed E-state index contributed by atoms with van der Waals surface area (Å²) in [5, 5.41) is 6.60. The Morgan fingerprint density at radius 2 is 2.05 bits per heavy atom. The fourth-order valence-electron chi connectivity index (χ4n) is 1.71. The Balaban J connectivity index is 2.29. The van der Waals surface area contributed by atoms with Crippen molar-refractivity contribution >= 4 is 28.2 Å². The highest BCUT2D eigenvalue weighted by molar-refractivity contribution is 7.16. The maximum absolute atomic E-state index is 12.0.